The molecule has 5 rings (SSSR count). The minimum atomic E-state index is -0.175. The van der Waals surface area contributed by atoms with Crippen LogP contribution in [0.4, 0.5) is 0 Å². The third kappa shape index (κ3) is 4.67. The zero-order valence-corrected chi connectivity index (χ0v) is 21.1. The van der Waals surface area contributed by atoms with Crippen molar-refractivity contribution in [2.24, 2.45) is 4.99 Å². The molecule has 0 atom stereocenters. The second-order valence-electron chi connectivity index (χ2n) is 8.26. The number of fused-ring (bicyclic) bond motifs is 1. The Morgan fingerprint density at radius 2 is 1.64 bits per heavy atom. The monoisotopic (exact) mass is 498 g/mol. The minimum Gasteiger partial charge on any atom is -0.497 e. The highest BCUT2D eigenvalue weighted by Gasteiger charge is 2.21. The summed E-state index contributed by atoms with van der Waals surface area (Å²) in [5.74, 6) is 1.57. The van der Waals surface area contributed by atoms with Gasteiger partial charge in [-0.25, -0.2) is 4.98 Å². The topological polar surface area (TPSA) is 81.5 Å². The summed E-state index contributed by atoms with van der Waals surface area (Å²) in [6.07, 6.45) is 0.760. The number of rotatable bonds is 8. The Kier molecular flexibility index (Phi) is 6.69. The highest BCUT2D eigenvalue weighted by molar-refractivity contribution is 7.20. The van der Waals surface area contributed by atoms with E-state index in [1.54, 1.807) is 14.2 Å². The predicted octanol–water partition coefficient (Wildman–Crippen LogP) is 5.51. The summed E-state index contributed by atoms with van der Waals surface area (Å²) in [6, 6.07) is 23.4. The Morgan fingerprint density at radius 3 is 2.31 bits per heavy atom. The van der Waals surface area contributed by atoms with Gasteiger partial charge in [-0.3, -0.25) is 14.9 Å². The molecule has 8 heteroatoms. The zero-order chi connectivity index (χ0) is 25.1. The van der Waals surface area contributed by atoms with Crippen LogP contribution in [0.15, 0.2) is 82.6 Å². The van der Waals surface area contributed by atoms with Crippen LogP contribution in [0.25, 0.3) is 26.6 Å². The molecule has 2 heterocycles. The van der Waals surface area contributed by atoms with Crippen LogP contribution >= 0.6 is 11.3 Å². The first-order valence-electron chi connectivity index (χ1n) is 11.6. The minimum absolute atomic E-state index is 0.175. The molecule has 0 amide bonds. The molecule has 0 unspecified atom stereocenters. The zero-order valence-electron chi connectivity index (χ0n) is 20.3. The van der Waals surface area contributed by atoms with Gasteiger partial charge < -0.3 is 9.47 Å². The van der Waals surface area contributed by atoms with Crippen molar-refractivity contribution >= 4 is 27.3 Å². The van der Waals surface area contributed by atoms with Gasteiger partial charge in [0.25, 0.3) is 5.56 Å². The fraction of sp³-hybridized carbons (Fsp3) is 0.179. The molecular weight excluding hydrogens is 472 g/mol. The number of H-pyrrole nitrogens is 1. The summed E-state index contributed by atoms with van der Waals surface area (Å²) < 4.78 is 13.1. The van der Waals surface area contributed by atoms with Crippen molar-refractivity contribution in [2.45, 2.75) is 13.3 Å². The van der Waals surface area contributed by atoms with Crippen molar-refractivity contribution in [3.63, 3.8) is 0 Å². The molecule has 0 bridgehead atoms. The Labute approximate surface area is 212 Å². The quantitative estimate of drug-likeness (QED) is 0.286. The number of ether oxygens (including phenoxy) is 2. The van der Waals surface area contributed by atoms with Gasteiger partial charge in [0.15, 0.2) is 0 Å². The van der Waals surface area contributed by atoms with Gasteiger partial charge in [-0.2, -0.15) is 4.68 Å². The fourth-order valence-corrected chi connectivity index (χ4v) is 4.98. The molecule has 0 radical (unpaired) electrons. The van der Waals surface area contributed by atoms with E-state index in [-0.39, 0.29) is 5.56 Å². The molecular formula is C28H26N4O3S. The maximum Gasteiger partial charge on any atom is 0.283 e. The van der Waals surface area contributed by atoms with E-state index >= 15 is 0 Å². The van der Waals surface area contributed by atoms with Crippen molar-refractivity contribution < 1.29 is 9.47 Å². The lowest BCUT2D eigenvalue weighted by Gasteiger charge is -2.05. The molecule has 3 aromatic carbocycles. The van der Waals surface area contributed by atoms with Crippen LogP contribution in [0.2, 0.25) is 0 Å². The van der Waals surface area contributed by atoms with Crippen molar-refractivity contribution in [1.82, 2.24) is 14.8 Å². The molecule has 0 aliphatic carbocycles. The summed E-state index contributed by atoms with van der Waals surface area (Å²) in [7, 11) is 3.28. The first kappa shape index (κ1) is 23.6. The average molecular weight is 499 g/mol. The van der Waals surface area contributed by atoms with Gasteiger partial charge in [0, 0.05) is 17.8 Å². The van der Waals surface area contributed by atoms with Crippen LogP contribution < -0.4 is 15.0 Å². The van der Waals surface area contributed by atoms with Gasteiger partial charge in [0.2, 0.25) is 5.13 Å². The smallest absolute Gasteiger partial charge is 0.283 e. The van der Waals surface area contributed by atoms with Crippen molar-refractivity contribution in [1.29, 1.82) is 0 Å². The van der Waals surface area contributed by atoms with Crippen molar-refractivity contribution in [2.75, 3.05) is 20.8 Å². The summed E-state index contributed by atoms with van der Waals surface area (Å²) in [5.41, 5.74) is 4.62. The standard InChI is InChI=1S/C28H26N4O3S/c1-18(29-17-16-19-8-12-21(34-2)13-9-19)25-26(20-10-14-22(35-3)15-11-20)31-32(27(25)33)28-30-23-6-4-5-7-24(23)36-28/h4-15,31H,16-17H2,1-3H3. The van der Waals surface area contributed by atoms with Crippen LogP contribution in [-0.4, -0.2) is 41.2 Å². The number of methoxy groups -OCH3 is 2. The second-order valence-corrected chi connectivity index (χ2v) is 9.27. The second kappa shape index (κ2) is 10.2. The summed E-state index contributed by atoms with van der Waals surface area (Å²) in [5, 5.41) is 3.89. The average Bonchev–Trinajstić information content (AvgIpc) is 3.50. The number of thiazole rings is 1. The van der Waals surface area contributed by atoms with Crippen LogP contribution in [0.3, 0.4) is 0 Å². The number of nitrogens with one attached hydrogen (secondary N) is 1. The summed E-state index contributed by atoms with van der Waals surface area (Å²) >= 11 is 1.47. The van der Waals surface area contributed by atoms with E-state index < -0.39 is 0 Å². The molecule has 182 valence electrons. The molecule has 0 saturated carbocycles. The molecule has 0 aliphatic heterocycles. The van der Waals surface area contributed by atoms with Gasteiger partial charge in [-0.05, 0) is 67.4 Å². The van der Waals surface area contributed by atoms with E-state index in [1.165, 1.54) is 16.0 Å². The molecule has 0 aliphatic rings. The molecule has 1 N–H and O–H groups in total. The number of benzene rings is 3. The third-order valence-corrected chi connectivity index (χ3v) is 7.04. The summed E-state index contributed by atoms with van der Waals surface area (Å²) in [6.45, 7) is 2.44. The third-order valence-electron chi connectivity index (χ3n) is 6.01. The molecule has 0 saturated heterocycles. The summed E-state index contributed by atoms with van der Waals surface area (Å²) in [4.78, 5) is 23.1. The van der Waals surface area contributed by atoms with Crippen LogP contribution in [0.1, 0.15) is 18.1 Å². The van der Waals surface area contributed by atoms with E-state index in [1.807, 2.05) is 79.7 Å². The number of hydrogen-bond donors (Lipinski definition) is 1. The fourth-order valence-electron chi connectivity index (χ4n) is 4.05. The first-order chi connectivity index (χ1) is 17.6. The number of nitrogens with zero attached hydrogens (tertiary/aromatic N) is 3. The van der Waals surface area contributed by atoms with Gasteiger partial charge in [0.1, 0.15) is 11.5 Å². The molecule has 5 aromatic rings. The lowest BCUT2D eigenvalue weighted by molar-refractivity contribution is 0.414. The molecule has 7 nitrogen and oxygen atoms in total. The number of aliphatic imine (C=N–C) groups is 1. The van der Waals surface area contributed by atoms with E-state index in [0.717, 1.165) is 39.3 Å². The Balaban J connectivity index is 1.53. The van der Waals surface area contributed by atoms with E-state index in [9.17, 15) is 4.79 Å². The van der Waals surface area contributed by atoms with Gasteiger partial charge in [0.05, 0.1) is 35.7 Å². The molecule has 0 spiro atoms. The lowest BCUT2D eigenvalue weighted by atomic mass is 10.0. The van der Waals surface area contributed by atoms with Crippen LogP contribution in [-0.2, 0) is 6.42 Å². The number of aromatic amines is 1. The number of hydrogen-bond acceptors (Lipinski definition) is 6. The Hall–Kier alpha value is -4.17. The first-order valence-corrected chi connectivity index (χ1v) is 12.4. The number of aromatic nitrogens is 3. The SMILES string of the molecule is COc1ccc(CCN=C(C)c2c(-c3ccc(OC)cc3)[nH]n(-c3nc4ccccc4s3)c2=O)cc1. The van der Waals surface area contributed by atoms with Crippen LogP contribution in [0.5, 0.6) is 11.5 Å². The Bertz CT molecular complexity index is 1550. The largest absolute Gasteiger partial charge is 0.497 e. The van der Waals surface area contributed by atoms with Crippen molar-refractivity contribution in [3.8, 4) is 27.9 Å². The van der Waals surface area contributed by atoms with E-state index in [0.29, 0.717) is 28.6 Å². The normalized spacial score (nSPS) is 11.7. The lowest BCUT2D eigenvalue weighted by Crippen LogP contribution is -2.19. The van der Waals surface area contributed by atoms with E-state index in [4.69, 9.17) is 14.5 Å². The van der Waals surface area contributed by atoms with Gasteiger partial charge in [-0.1, -0.05) is 35.6 Å². The van der Waals surface area contributed by atoms with Crippen LogP contribution in [0, 0.1) is 0 Å². The molecule has 2 aromatic heterocycles. The van der Waals surface area contributed by atoms with Crippen molar-refractivity contribution in [3.05, 3.63) is 94.3 Å². The van der Waals surface area contributed by atoms with Gasteiger partial charge in [-0.15, -0.1) is 0 Å². The van der Waals surface area contributed by atoms with E-state index in [2.05, 4.69) is 10.1 Å². The highest BCUT2D eigenvalue weighted by Crippen LogP contribution is 2.27. The molecule has 36 heavy (non-hydrogen) atoms. The Morgan fingerprint density at radius 1 is 0.972 bits per heavy atom. The predicted molar refractivity (Wildman–Crippen MR) is 145 cm³/mol. The highest BCUT2D eigenvalue weighted by atomic mass is 32.1. The maximum absolute atomic E-state index is 13.7. The molecule has 0 fully saturated rings. The van der Waals surface area contributed by atoms with Gasteiger partial charge >= 0.3 is 0 Å². The number of para-hydroxylation sites is 1. The maximum atomic E-state index is 13.7.